The second kappa shape index (κ2) is 12.7. The minimum absolute atomic E-state index is 0.00484. The van der Waals surface area contributed by atoms with E-state index in [2.05, 4.69) is 15.5 Å². The van der Waals surface area contributed by atoms with Crippen LogP contribution in [0.3, 0.4) is 0 Å². The van der Waals surface area contributed by atoms with Gasteiger partial charge in [-0.3, -0.25) is 34.2 Å². The first kappa shape index (κ1) is 28.0. The molecule has 1 aromatic carbocycles. The Morgan fingerprint density at radius 1 is 1.03 bits per heavy atom. The topological polar surface area (TPSA) is 177 Å². The number of rotatable bonds is 11. The molecule has 1 aromatic rings. The maximum atomic E-state index is 13.1. The third kappa shape index (κ3) is 6.91. The fourth-order valence-electron chi connectivity index (χ4n) is 5.08. The zero-order chi connectivity index (χ0) is 27.9. The van der Waals surface area contributed by atoms with Gasteiger partial charge >= 0.3 is 6.09 Å². The number of likely N-dealkylation sites (tertiary alicyclic amines) is 1. The van der Waals surface area contributed by atoms with Gasteiger partial charge in [0, 0.05) is 26.1 Å². The summed E-state index contributed by atoms with van der Waals surface area (Å²) in [6.45, 7) is 2.79. The van der Waals surface area contributed by atoms with Crippen LogP contribution in [0.15, 0.2) is 18.2 Å². The summed E-state index contributed by atoms with van der Waals surface area (Å²) in [5.74, 6) is -2.74. The van der Waals surface area contributed by atoms with E-state index in [1.54, 1.807) is 6.07 Å². The average Bonchev–Trinajstić information content (AvgIpc) is 3.15. The second-order valence-electron chi connectivity index (χ2n) is 9.80. The van der Waals surface area contributed by atoms with Gasteiger partial charge in [-0.1, -0.05) is 12.5 Å². The second-order valence-corrected chi connectivity index (χ2v) is 9.80. The molecule has 0 saturated carbocycles. The summed E-state index contributed by atoms with van der Waals surface area (Å²) in [5.41, 5.74) is 5.16. The Labute approximate surface area is 225 Å². The number of imide groups is 2. The third-order valence-electron chi connectivity index (χ3n) is 7.08. The molecule has 0 spiro atoms. The van der Waals surface area contributed by atoms with Crippen molar-refractivity contribution in [2.24, 2.45) is 5.73 Å². The molecular weight excluding hydrogens is 510 g/mol. The molecule has 210 valence electrons. The molecule has 6 amide bonds. The van der Waals surface area contributed by atoms with Gasteiger partial charge in [0.2, 0.25) is 11.8 Å². The van der Waals surface area contributed by atoms with E-state index in [0.717, 1.165) is 56.6 Å². The summed E-state index contributed by atoms with van der Waals surface area (Å²) in [6, 6.07) is 3.42. The molecule has 2 fully saturated rings. The van der Waals surface area contributed by atoms with Crippen molar-refractivity contribution in [3.05, 3.63) is 29.3 Å². The quantitative estimate of drug-likeness (QED) is 0.262. The maximum absolute atomic E-state index is 13.1. The molecule has 3 aliphatic heterocycles. The summed E-state index contributed by atoms with van der Waals surface area (Å²) in [7, 11) is 0. The van der Waals surface area contributed by atoms with Gasteiger partial charge in [-0.15, -0.1) is 0 Å². The fourth-order valence-corrected chi connectivity index (χ4v) is 5.08. The molecule has 2 saturated heterocycles. The first-order chi connectivity index (χ1) is 18.7. The van der Waals surface area contributed by atoms with E-state index in [1.807, 2.05) is 0 Å². The molecule has 3 aliphatic rings. The van der Waals surface area contributed by atoms with Crippen LogP contribution in [0, 0.1) is 0 Å². The summed E-state index contributed by atoms with van der Waals surface area (Å²) in [4.78, 5) is 76.0. The zero-order valence-corrected chi connectivity index (χ0v) is 21.6. The largest absolute Gasteiger partial charge is 0.483 e. The van der Waals surface area contributed by atoms with Crippen molar-refractivity contribution in [3.63, 3.8) is 0 Å². The maximum Gasteiger partial charge on any atom is 0.404 e. The van der Waals surface area contributed by atoms with E-state index < -0.39 is 35.8 Å². The lowest BCUT2D eigenvalue weighted by molar-refractivity contribution is -0.136. The number of nitrogens with two attached hydrogens (primary N) is 1. The Morgan fingerprint density at radius 3 is 2.51 bits per heavy atom. The molecule has 4 N–H and O–H groups in total. The van der Waals surface area contributed by atoms with Crippen LogP contribution in [-0.2, 0) is 19.1 Å². The highest BCUT2D eigenvalue weighted by atomic mass is 16.6. The van der Waals surface area contributed by atoms with Crippen molar-refractivity contribution in [2.75, 3.05) is 32.8 Å². The molecule has 13 nitrogen and oxygen atoms in total. The van der Waals surface area contributed by atoms with E-state index >= 15 is 0 Å². The van der Waals surface area contributed by atoms with Crippen molar-refractivity contribution >= 4 is 35.6 Å². The Bertz CT molecular complexity index is 1150. The lowest BCUT2D eigenvalue weighted by atomic mass is 10.0. The Balaban J connectivity index is 1.17. The minimum atomic E-state index is -1.08. The van der Waals surface area contributed by atoms with Gasteiger partial charge in [0.15, 0.2) is 6.61 Å². The lowest BCUT2D eigenvalue weighted by Gasteiger charge is -2.31. The number of nitrogens with zero attached hydrogens (tertiary/aromatic N) is 2. The molecule has 0 bridgehead atoms. The Kier molecular flexibility index (Phi) is 9.12. The van der Waals surface area contributed by atoms with Gasteiger partial charge < -0.3 is 25.4 Å². The predicted octanol–water partition coefficient (Wildman–Crippen LogP) is 0.313. The standard InChI is InChI=1S/C26H33N5O8/c27-26(37)39-16-9-13-30(14-10-16)12-3-1-2-11-28-21(33)15-38-19-6-4-5-17-22(19)25(36)31(24(17)35)18-7-8-20(32)29-23(18)34/h4-6,16,18H,1-3,7-15H2,(H2,27,37)(H,28,33)(H,29,32,34). The molecule has 4 rings (SSSR count). The van der Waals surface area contributed by atoms with Crippen LogP contribution < -0.4 is 21.1 Å². The number of carbonyl (C=O) groups is 6. The number of nitrogens with one attached hydrogen (secondary N) is 2. The number of amides is 6. The zero-order valence-electron chi connectivity index (χ0n) is 21.6. The van der Waals surface area contributed by atoms with Crippen LogP contribution in [0.5, 0.6) is 5.75 Å². The summed E-state index contributed by atoms with van der Waals surface area (Å²) in [5, 5.41) is 4.94. The number of primary amides is 1. The molecule has 1 atom stereocenters. The smallest absolute Gasteiger partial charge is 0.404 e. The highest BCUT2D eigenvalue weighted by Crippen LogP contribution is 2.33. The van der Waals surface area contributed by atoms with Crippen LogP contribution in [0.1, 0.15) is 65.7 Å². The number of hydrogen-bond donors (Lipinski definition) is 3. The molecular formula is C26H33N5O8. The first-order valence-corrected chi connectivity index (χ1v) is 13.2. The SMILES string of the molecule is NC(=O)OC1CCN(CCCCCNC(=O)COc2cccc3c2C(=O)N(C2CCC(=O)NC2=O)C3=O)CC1. The summed E-state index contributed by atoms with van der Waals surface area (Å²) in [6.07, 6.45) is 3.50. The molecule has 13 heteroatoms. The van der Waals surface area contributed by atoms with Crippen molar-refractivity contribution in [1.82, 2.24) is 20.4 Å². The number of hydrogen-bond acceptors (Lipinski definition) is 9. The van der Waals surface area contributed by atoms with Gasteiger partial charge in [0.05, 0.1) is 11.1 Å². The molecule has 1 unspecified atom stereocenters. The number of benzene rings is 1. The van der Waals surface area contributed by atoms with E-state index in [-0.39, 0.29) is 48.3 Å². The molecule has 3 heterocycles. The molecule has 39 heavy (non-hydrogen) atoms. The average molecular weight is 544 g/mol. The highest BCUT2D eigenvalue weighted by molar-refractivity contribution is 6.24. The van der Waals surface area contributed by atoms with Crippen LogP contribution in [0.2, 0.25) is 0 Å². The fraction of sp³-hybridized carbons (Fsp3) is 0.538. The van der Waals surface area contributed by atoms with Crippen LogP contribution in [-0.4, -0.2) is 90.4 Å². The number of ether oxygens (including phenoxy) is 2. The molecule has 0 aromatic heterocycles. The number of unbranched alkanes of at least 4 members (excludes halogenated alkanes) is 2. The third-order valence-corrected chi connectivity index (χ3v) is 7.08. The highest BCUT2D eigenvalue weighted by Gasteiger charge is 2.46. The van der Waals surface area contributed by atoms with E-state index in [9.17, 15) is 28.8 Å². The predicted molar refractivity (Wildman–Crippen MR) is 136 cm³/mol. The van der Waals surface area contributed by atoms with Crippen LogP contribution in [0.4, 0.5) is 4.79 Å². The number of fused-ring (bicyclic) bond motifs is 1. The Morgan fingerprint density at radius 2 is 1.79 bits per heavy atom. The van der Waals surface area contributed by atoms with Gasteiger partial charge in [-0.2, -0.15) is 0 Å². The van der Waals surface area contributed by atoms with E-state index in [1.165, 1.54) is 12.1 Å². The van der Waals surface area contributed by atoms with Gasteiger partial charge in [0.1, 0.15) is 17.9 Å². The van der Waals surface area contributed by atoms with Crippen molar-refractivity contribution in [1.29, 1.82) is 0 Å². The van der Waals surface area contributed by atoms with Gasteiger partial charge in [-0.05, 0) is 50.8 Å². The van der Waals surface area contributed by atoms with Crippen molar-refractivity contribution < 1.29 is 38.2 Å². The summed E-state index contributed by atoms with van der Waals surface area (Å²) < 4.78 is 10.6. The number of carbonyl (C=O) groups excluding carboxylic acids is 6. The van der Waals surface area contributed by atoms with Gasteiger partial charge in [0.25, 0.3) is 17.7 Å². The Hall–Kier alpha value is -4.00. The van der Waals surface area contributed by atoms with Crippen molar-refractivity contribution in [3.8, 4) is 5.75 Å². The minimum Gasteiger partial charge on any atom is -0.483 e. The van der Waals surface area contributed by atoms with Crippen LogP contribution >= 0.6 is 0 Å². The van der Waals surface area contributed by atoms with Gasteiger partial charge in [-0.25, -0.2) is 4.79 Å². The first-order valence-electron chi connectivity index (χ1n) is 13.2. The van der Waals surface area contributed by atoms with Crippen molar-refractivity contribution in [2.45, 2.75) is 57.1 Å². The normalized spacial score (nSPS) is 20.0. The van der Waals surface area contributed by atoms with E-state index in [0.29, 0.717) is 6.54 Å². The molecule has 0 radical (unpaired) electrons. The van der Waals surface area contributed by atoms with Crippen LogP contribution in [0.25, 0.3) is 0 Å². The lowest BCUT2D eigenvalue weighted by Crippen LogP contribution is -2.54. The summed E-state index contributed by atoms with van der Waals surface area (Å²) >= 11 is 0. The number of piperidine rings is 2. The molecule has 0 aliphatic carbocycles. The monoisotopic (exact) mass is 543 g/mol. The van der Waals surface area contributed by atoms with E-state index in [4.69, 9.17) is 15.2 Å².